The summed E-state index contributed by atoms with van der Waals surface area (Å²) >= 11 is 1.54. The topological polar surface area (TPSA) is 68.0 Å². The number of carboxylic acid groups (broad SMARTS) is 1. The number of nitrogens with zero attached hydrogens (tertiary/aromatic N) is 3. The van der Waals surface area contributed by atoms with Gasteiger partial charge >= 0.3 is 5.97 Å². The fourth-order valence-corrected chi connectivity index (χ4v) is 2.25. The van der Waals surface area contributed by atoms with Gasteiger partial charge in [-0.2, -0.15) is 0 Å². The summed E-state index contributed by atoms with van der Waals surface area (Å²) in [5.74, 6) is -0.884. The van der Waals surface area contributed by atoms with Gasteiger partial charge in [-0.3, -0.25) is 0 Å². The number of aromatic nitrogens is 3. The van der Waals surface area contributed by atoms with Crippen LogP contribution in [0.15, 0.2) is 23.7 Å². The monoisotopic (exact) mass is 237 g/mol. The molecular formula is C10H11N3O2S. The van der Waals surface area contributed by atoms with Crippen LogP contribution in [0.1, 0.15) is 19.4 Å². The maximum Gasteiger partial charge on any atom is 0.328 e. The highest BCUT2D eigenvalue weighted by atomic mass is 32.1. The average molecular weight is 237 g/mol. The van der Waals surface area contributed by atoms with Gasteiger partial charge in [0.25, 0.3) is 0 Å². The molecule has 5 nitrogen and oxygen atoms in total. The molecule has 0 aliphatic heterocycles. The van der Waals surface area contributed by atoms with Crippen LogP contribution in [0.2, 0.25) is 0 Å². The van der Waals surface area contributed by atoms with E-state index in [2.05, 4.69) is 10.3 Å². The molecule has 0 radical (unpaired) electrons. The van der Waals surface area contributed by atoms with Gasteiger partial charge in [-0.1, -0.05) is 18.2 Å². The van der Waals surface area contributed by atoms with Gasteiger partial charge in [0, 0.05) is 0 Å². The lowest BCUT2D eigenvalue weighted by Gasteiger charge is -2.11. The molecule has 0 aliphatic rings. The largest absolute Gasteiger partial charge is 0.480 e. The third kappa shape index (κ3) is 1.83. The van der Waals surface area contributed by atoms with Gasteiger partial charge in [-0.15, -0.1) is 16.4 Å². The third-order valence-electron chi connectivity index (χ3n) is 2.32. The SMILES string of the molecule is CCC(C(=O)O)n1nncc1-c1cccs1. The molecule has 2 aromatic heterocycles. The first-order chi connectivity index (χ1) is 7.74. The first-order valence-corrected chi connectivity index (χ1v) is 5.79. The van der Waals surface area contributed by atoms with Crippen molar-refractivity contribution in [1.29, 1.82) is 0 Å². The molecule has 1 atom stereocenters. The van der Waals surface area contributed by atoms with Crippen LogP contribution in [-0.4, -0.2) is 26.1 Å². The highest BCUT2D eigenvalue weighted by Gasteiger charge is 2.22. The average Bonchev–Trinajstić information content (AvgIpc) is 2.86. The highest BCUT2D eigenvalue weighted by Crippen LogP contribution is 2.26. The Balaban J connectivity index is 2.43. The van der Waals surface area contributed by atoms with E-state index < -0.39 is 12.0 Å². The first kappa shape index (κ1) is 10.8. The molecule has 2 aromatic rings. The van der Waals surface area contributed by atoms with Crippen molar-refractivity contribution in [3.63, 3.8) is 0 Å². The van der Waals surface area contributed by atoms with E-state index in [1.54, 1.807) is 17.5 Å². The zero-order valence-electron chi connectivity index (χ0n) is 8.70. The highest BCUT2D eigenvalue weighted by molar-refractivity contribution is 7.13. The van der Waals surface area contributed by atoms with Crippen LogP contribution in [-0.2, 0) is 4.79 Å². The Hall–Kier alpha value is -1.69. The van der Waals surface area contributed by atoms with Crippen LogP contribution in [0.4, 0.5) is 0 Å². The van der Waals surface area contributed by atoms with E-state index in [1.165, 1.54) is 4.68 Å². The van der Waals surface area contributed by atoms with Crippen LogP contribution in [0.3, 0.4) is 0 Å². The number of hydrogen-bond acceptors (Lipinski definition) is 4. The van der Waals surface area contributed by atoms with Crippen LogP contribution in [0.5, 0.6) is 0 Å². The lowest BCUT2D eigenvalue weighted by Crippen LogP contribution is -2.20. The molecule has 16 heavy (non-hydrogen) atoms. The summed E-state index contributed by atoms with van der Waals surface area (Å²) in [6.45, 7) is 1.82. The minimum Gasteiger partial charge on any atom is -0.480 e. The summed E-state index contributed by atoms with van der Waals surface area (Å²) in [5, 5.41) is 18.7. The fraction of sp³-hybridized carbons (Fsp3) is 0.300. The molecule has 84 valence electrons. The predicted octanol–water partition coefficient (Wildman–Crippen LogP) is 2.04. The second kappa shape index (κ2) is 4.44. The lowest BCUT2D eigenvalue weighted by molar-refractivity contribution is -0.141. The summed E-state index contributed by atoms with van der Waals surface area (Å²) in [5.41, 5.74) is 0.754. The molecule has 0 amide bonds. The van der Waals surface area contributed by atoms with Crippen LogP contribution in [0.25, 0.3) is 10.6 Å². The molecule has 0 saturated carbocycles. The molecule has 0 spiro atoms. The number of rotatable bonds is 4. The van der Waals surface area contributed by atoms with Gasteiger partial charge in [0.1, 0.15) is 0 Å². The van der Waals surface area contributed by atoms with Gasteiger partial charge in [0.05, 0.1) is 16.8 Å². The number of aliphatic carboxylic acids is 1. The van der Waals surface area contributed by atoms with E-state index in [0.29, 0.717) is 6.42 Å². The maximum atomic E-state index is 11.1. The summed E-state index contributed by atoms with van der Waals surface area (Å²) in [6, 6.07) is 3.19. The van der Waals surface area contributed by atoms with Gasteiger partial charge in [0.2, 0.25) is 0 Å². The Labute approximate surface area is 96.3 Å². The lowest BCUT2D eigenvalue weighted by atomic mass is 10.2. The second-order valence-electron chi connectivity index (χ2n) is 3.30. The van der Waals surface area contributed by atoms with Crippen LogP contribution >= 0.6 is 11.3 Å². The molecule has 2 rings (SSSR count). The van der Waals surface area contributed by atoms with Gasteiger partial charge in [-0.25, -0.2) is 9.48 Å². The molecule has 0 aromatic carbocycles. The van der Waals surface area contributed by atoms with E-state index in [9.17, 15) is 4.79 Å². The quantitative estimate of drug-likeness (QED) is 0.883. The van der Waals surface area contributed by atoms with E-state index in [0.717, 1.165) is 10.6 Å². The molecule has 1 N–H and O–H groups in total. The standard InChI is InChI=1S/C10H11N3O2S/c1-2-7(10(14)15)13-8(6-11-12-13)9-4-3-5-16-9/h3-7H,2H2,1H3,(H,14,15). The first-order valence-electron chi connectivity index (χ1n) is 4.91. The van der Waals surface area contributed by atoms with Gasteiger partial charge < -0.3 is 5.11 Å². The smallest absolute Gasteiger partial charge is 0.328 e. The summed E-state index contributed by atoms with van der Waals surface area (Å²) in [7, 11) is 0. The van der Waals surface area contributed by atoms with Crippen molar-refractivity contribution in [3.8, 4) is 10.6 Å². The zero-order chi connectivity index (χ0) is 11.5. The number of carboxylic acids is 1. The molecule has 0 bridgehead atoms. The Morgan fingerprint density at radius 2 is 2.50 bits per heavy atom. The Morgan fingerprint density at radius 3 is 3.06 bits per heavy atom. The molecule has 6 heteroatoms. The van der Waals surface area contributed by atoms with Crippen molar-refractivity contribution in [2.24, 2.45) is 0 Å². The molecule has 1 unspecified atom stereocenters. The number of hydrogen-bond donors (Lipinski definition) is 1. The molecule has 2 heterocycles. The number of carbonyl (C=O) groups is 1. The van der Waals surface area contributed by atoms with Crippen molar-refractivity contribution in [2.75, 3.05) is 0 Å². The van der Waals surface area contributed by atoms with Crippen molar-refractivity contribution in [2.45, 2.75) is 19.4 Å². The summed E-state index contributed by atoms with van der Waals surface area (Å²) in [6.07, 6.45) is 2.08. The zero-order valence-corrected chi connectivity index (χ0v) is 9.52. The van der Waals surface area contributed by atoms with E-state index >= 15 is 0 Å². The predicted molar refractivity (Wildman–Crippen MR) is 60.3 cm³/mol. The maximum absolute atomic E-state index is 11.1. The molecule has 0 saturated heterocycles. The third-order valence-corrected chi connectivity index (χ3v) is 3.21. The molecule has 0 aliphatic carbocycles. The molecular weight excluding hydrogens is 226 g/mol. The Bertz CT molecular complexity index is 478. The summed E-state index contributed by atoms with van der Waals surface area (Å²) in [4.78, 5) is 12.0. The minimum atomic E-state index is -0.884. The number of thiophene rings is 1. The second-order valence-corrected chi connectivity index (χ2v) is 4.25. The summed E-state index contributed by atoms with van der Waals surface area (Å²) < 4.78 is 1.47. The van der Waals surface area contributed by atoms with Crippen molar-refractivity contribution >= 4 is 17.3 Å². The van der Waals surface area contributed by atoms with E-state index in [4.69, 9.17) is 5.11 Å². The normalized spacial score (nSPS) is 12.6. The molecule has 0 fully saturated rings. The van der Waals surface area contributed by atoms with Crippen molar-refractivity contribution in [3.05, 3.63) is 23.7 Å². The Kier molecular flexibility index (Phi) is 3.00. The Morgan fingerprint density at radius 1 is 1.69 bits per heavy atom. The van der Waals surface area contributed by atoms with Crippen molar-refractivity contribution in [1.82, 2.24) is 15.0 Å². The van der Waals surface area contributed by atoms with E-state index in [-0.39, 0.29) is 0 Å². The minimum absolute atomic E-state index is 0.483. The van der Waals surface area contributed by atoms with Gasteiger partial charge in [-0.05, 0) is 17.9 Å². The van der Waals surface area contributed by atoms with Crippen LogP contribution < -0.4 is 0 Å². The van der Waals surface area contributed by atoms with Crippen LogP contribution in [0, 0.1) is 0 Å². The van der Waals surface area contributed by atoms with Gasteiger partial charge in [0.15, 0.2) is 6.04 Å². The van der Waals surface area contributed by atoms with E-state index in [1.807, 2.05) is 24.4 Å². The fourth-order valence-electron chi connectivity index (χ4n) is 1.53. The van der Waals surface area contributed by atoms with Crippen molar-refractivity contribution < 1.29 is 9.90 Å².